The molecule has 1 heterocycles. The van der Waals surface area contributed by atoms with Crippen molar-refractivity contribution in [3.05, 3.63) is 64.1 Å². The number of hydrogen-bond donors (Lipinski definition) is 0. The van der Waals surface area contributed by atoms with E-state index in [-0.39, 0.29) is 17.9 Å². The molecule has 0 N–H and O–H groups in total. The van der Waals surface area contributed by atoms with Crippen LogP contribution < -0.4 is 4.74 Å². The number of amides is 1. The molecule has 2 fully saturated rings. The average Bonchev–Trinajstić information content (AvgIpc) is 2.73. The number of ketones is 1. The van der Waals surface area contributed by atoms with Crippen molar-refractivity contribution in [2.75, 3.05) is 6.54 Å². The van der Waals surface area contributed by atoms with E-state index in [2.05, 4.69) is 15.9 Å². The molecule has 0 bridgehead atoms. The summed E-state index contributed by atoms with van der Waals surface area (Å²) in [5, 5.41) is 0. The van der Waals surface area contributed by atoms with Gasteiger partial charge in [0.25, 0.3) is 5.91 Å². The Kier molecular flexibility index (Phi) is 5.81. The summed E-state index contributed by atoms with van der Waals surface area (Å²) in [5.41, 5.74) is 1.63. The number of fused-ring (bicyclic) bond motifs is 1. The lowest BCUT2D eigenvalue weighted by Crippen LogP contribution is -2.53. The van der Waals surface area contributed by atoms with Crippen LogP contribution in [0.4, 0.5) is 0 Å². The highest BCUT2D eigenvalue weighted by Gasteiger charge is 2.40. The lowest BCUT2D eigenvalue weighted by Gasteiger charge is -2.43. The molecule has 5 heteroatoms. The molecule has 28 heavy (non-hydrogen) atoms. The summed E-state index contributed by atoms with van der Waals surface area (Å²) < 4.78 is 6.79. The lowest BCUT2D eigenvalue weighted by molar-refractivity contribution is -0.129. The molecule has 1 aliphatic heterocycles. The first-order valence-corrected chi connectivity index (χ1v) is 10.7. The second kappa shape index (κ2) is 8.48. The van der Waals surface area contributed by atoms with Crippen molar-refractivity contribution in [1.29, 1.82) is 0 Å². The van der Waals surface area contributed by atoms with E-state index in [0.717, 1.165) is 41.5 Å². The smallest absolute Gasteiger partial charge is 0.254 e. The highest BCUT2D eigenvalue weighted by atomic mass is 79.9. The number of rotatable bonds is 4. The molecule has 146 valence electrons. The van der Waals surface area contributed by atoms with E-state index in [1.807, 2.05) is 53.4 Å². The lowest BCUT2D eigenvalue weighted by atomic mass is 9.77. The summed E-state index contributed by atoms with van der Waals surface area (Å²) in [4.78, 5) is 27.4. The molecule has 4 rings (SSSR count). The third-order valence-corrected chi connectivity index (χ3v) is 6.46. The maximum Gasteiger partial charge on any atom is 0.254 e. The summed E-state index contributed by atoms with van der Waals surface area (Å²) in [7, 11) is 0. The van der Waals surface area contributed by atoms with Gasteiger partial charge in [0, 0.05) is 30.5 Å². The number of hydrogen-bond acceptors (Lipinski definition) is 3. The number of piperidine rings is 1. The monoisotopic (exact) mass is 441 g/mol. The van der Waals surface area contributed by atoms with Crippen molar-refractivity contribution >= 4 is 27.6 Å². The molecular weight excluding hydrogens is 418 g/mol. The van der Waals surface area contributed by atoms with E-state index >= 15 is 0 Å². The van der Waals surface area contributed by atoms with E-state index in [4.69, 9.17) is 4.74 Å². The topological polar surface area (TPSA) is 46.6 Å². The minimum atomic E-state index is 0.0344. The van der Waals surface area contributed by atoms with Crippen LogP contribution in [0.1, 0.15) is 48.0 Å². The number of para-hydroxylation sites is 1. The van der Waals surface area contributed by atoms with Crippen LogP contribution in [0.3, 0.4) is 0 Å². The van der Waals surface area contributed by atoms with Crippen LogP contribution in [-0.4, -0.2) is 29.2 Å². The highest BCUT2D eigenvalue weighted by molar-refractivity contribution is 9.10. The van der Waals surface area contributed by atoms with E-state index in [1.165, 1.54) is 0 Å². The van der Waals surface area contributed by atoms with Crippen LogP contribution in [-0.2, 0) is 11.4 Å². The van der Waals surface area contributed by atoms with Crippen LogP contribution in [0, 0.1) is 5.92 Å². The molecule has 2 aromatic carbocycles. The van der Waals surface area contributed by atoms with Gasteiger partial charge in [0.2, 0.25) is 0 Å². The maximum atomic E-state index is 13.2. The summed E-state index contributed by atoms with van der Waals surface area (Å²) in [5.74, 6) is 1.18. The number of Topliss-reactive ketones (excluding diaryl/α,β-unsaturated/α-hetero) is 1. The number of carbonyl (C=O) groups is 2. The number of halogens is 1. The Labute approximate surface area is 174 Å². The molecule has 1 saturated carbocycles. The van der Waals surface area contributed by atoms with Crippen molar-refractivity contribution < 1.29 is 14.3 Å². The van der Waals surface area contributed by atoms with E-state index in [9.17, 15) is 9.59 Å². The standard InChI is InChI=1S/C23H24BrNO3/c24-19-9-2-4-11-22(19)28-15-16-6-5-7-17(14-16)23(27)25-13-12-21(26)18-8-1-3-10-20(18)25/h2,4-7,9,11,14,18,20H,1,3,8,10,12-13,15H2. The van der Waals surface area contributed by atoms with Gasteiger partial charge in [-0.25, -0.2) is 0 Å². The third kappa shape index (κ3) is 4.00. The zero-order chi connectivity index (χ0) is 19.5. The van der Waals surface area contributed by atoms with Crippen LogP contribution in [0.25, 0.3) is 0 Å². The van der Waals surface area contributed by atoms with Gasteiger partial charge in [-0.05, 0) is 58.6 Å². The van der Waals surface area contributed by atoms with Gasteiger partial charge < -0.3 is 9.64 Å². The van der Waals surface area contributed by atoms with Gasteiger partial charge in [0.05, 0.1) is 4.47 Å². The first-order valence-electron chi connectivity index (χ1n) is 9.93. The quantitative estimate of drug-likeness (QED) is 0.670. The Morgan fingerprint density at radius 2 is 1.93 bits per heavy atom. The molecule has 0 aromatic heterocycles. The van der Waals surface area contributed by atoms with Crippen molar-refractivity contribution in [2.45, 2.75) is 44.8 Å². The van der Waals surface area contributed by atoms with Gasteiger partial charge in [-0.1, -0.05) is 37.1 Å². The van der Waals surface area contributed by atoms with Crippen LogP contribution in [0.2, 0.25) is 0 Å². The Hall–Kier alpha value is -2.14. The summed E-state index contributed by atoms with van der Waals surface area (Å²) in [6.45, 7) is 0.935. The van der Waals surface area contributed by atoms with Gasteiger partial charge >= 0.3 is 0 Å². The molecule has 0 spiro atoms. The molecule has 2 atom stereocenters. The number of likely N-dealkylation sites (tertiary alicyclic amines) is 1. The minimum absolute atomic E-state index is 0.0344. The number of benzene rings is 2. The summed E-state index contributed by atoms with van der Waals surface area (Å²) in [6.07, 6.45) is 4.53. The Morgan fingerprint density at radius 1 is 1.11 bits per heavy atom. The van der Waals surface area contributed by atoms with Gasteiger partial charge in [-0.2, -0.15) is 0 Å². The van der Waals surface area contributed by atoms with E-state index < -0.39 is 0 Å². The first-order chi connectivity index (χ1) is 13.6. The fourth-order valence-electron chi connectivity index (χ4n) is 4.38. The Balaban J connectivity index is 1.48. The molecule has 0 radical (unpaired) electrons. The fourth-order valence-corrected chi connectivity index (χ4v) is 4.78. The predicted octanol–water partition coefficient (Wildman–Crippen LogP) is 5.00. The van der Waals surface area contributed by atoms with Gasteiger partial charge in [-0.3, -0.25) is 9.59 Å². The number of nitrogens with zero attached hydrogens (tertiary/aromatic N) is 1. The fraction of sp³-hybridized carbons (Fsp3) is 0.391. The first kappa shape index (κ1) is 19.2. The summed E-state index contributed by atoms with van der Waals surface area (Å²) >= 11 is 3.48. The molecule has 1 saturated heterocycles. The maximum absolute atomic E-state index is 13.2. The van der Waals surface area contributed by atoms with Crippen LogP contribution >= 0.6 is 15.9 Å². The van der Waals surface area contributed by atoms with Crippen LogP contribution in [0.15, 0.2) is 53.0 Å². The second-order valence-corrected chi connectivity index (χ2v) is 8.45. The van der Waals surface area contributed by atoms with Gasteiger partial charge in [0.1, 0.15) is 18.1 Å². The van der Waals surface area contributed by atoms with E-state index in [0.29, 0.717) is 30.9 Å². The second-order valence-electron chi connectivity index (χ2n) is 7.59. The molecule has 1 amide bonds. The largest absolute Gasteiger partial charge is 0.488 e. The molecule has 2 unspecified atom stereocenters. The normalized spacial score (nSPS) is 21.9. The van der Waals surface area contributed by atoms with Gasteiger partial charge in [0.15, 0.2) is 0 Å². The van der Waals surface area contributed by atoms with Crippen molar-refractivity contribution in [3.63, 3.8) is 0 Å². The Morgan fingerprint density at radius 3 is 2.79 bits per heavy atom. The Bertz CT molecular complexity index is 882. The highest BCUT2D eigenvalue weighted by Crippen LogP contribution is 2.34. The van der Waals surface area contributed by atoms with Crippen molar-refractivity contribution in [3.8, 4) is 5.75 Å². The van der Waals surface area contributed by atoms with Gasteiger partial charge in [-0.15, -0.1) is 0 Å². The molecular formula is C23H24BrNO3. The zero-order valence-corrected chi connectivity index (χ0v) is 17.4. The predicted molar refractivity (Wildman–Crippen MR) is 111 cm³/mol. The molecule has 4 nitrogen and oxygen atoms in total. The molecule has 2 aliphatic rings. The number of carbonyl (C=O) groups excluding carboxylic acids is 2. The minimum Gasteiger partial charge on any atom is -0.488 e. The molecule has 1 aliphatic carbocycles. The van der Waals surface area contributed by atoms with Crippen LogP contribution in [0.5, 0.6) is 5.75 Å². The summed E-state index contributed by atoms with van der Waals surface area (Å²) in [6, 6.07) is 15.4. The zero-order valence-electron chi connectivity index (χ0n) is 15.8. The third-order valence-electron chi connectivity index (χ3n) is 5.81. The average molecular weight is 442 g/mol. The van der Waals surface area contributed by atoms with E-state index in [1.54, 1.807) is 0 Å². The number of ether oxygens (including phenoxy) is 1. The van der Waals surface area contributed by atoms with Crippen molar-refractivity contribution in [2.24, 2.45) is 5.92 Å². The SMILES string of the molecule is O=C1CCN(C(=O)c2cccc(COc3ccccc3Br)c2)C2CCCCC12. The molecule has 2 aromatic rings. The van der Waals surface area contributed by atoms with Crippen molar-refractivity contribution in [1.82, 2.24) is 4.90 Å².